The van der Waals surface area contributed by atoms with E-state index < -0.39 is 0 Å². The Kier molecular flexibility index (Phi) is 3.77. The van der Waals surface area contributed by atoms with E-state index in [0.29, 0.717) is 10.9 Å². The van der Waals surface area contributed by atoms with Gasteiger partial charge in [-0.05, 0) is 18.6 Å². The van der Waals surface area contributed by atoms with Gasteiger partial charge in [-0.2, -0.15) is 0 Å². The Labute approximate surface area is 83.4 Å². The Morgan fingerprint density at radius 2 is 2.15 bits per heavy atom. The number of hydrogen-bond donors (Lipinski definition) is 1. The number of nitrogens with two attached hydrogens (primary N) is 1. The molecule has 0 radical (unpaired) electrons. The summed E-state index contributed by atoms with van der Waals surface area (Å²) in [5.41, 5.74) is 6.56. The molecule has 3 heteroatoms. The molecule has 0 fully saturated rings. The van der Waals surface area contributed by atoms with Crippen molar-refractivity contribution >= 4 is 17.4 Å². The summed E-state index contributed by atoms with van der Waals surface area (Å²) in [5.74, 6) is 0.521. The standard InChI is InChI=1S/C10H13ClN2/c1-2-7-13-10(12)8-5-3-4-6-9(8)11/h3-6H,2,7H2,1H3,(H2,12,13). The Balaban J connectivity index is 2.88. The molecule has 2 N–H and O–H groups in total. The van der Waals surface area contributed by atoms with Gasteiger partial charge in [-0.3, -0.25) is 4.99 Å². The summed E-state index contributed by atoms with van der Waals surface area (Å²) >= 11 is 5.94. The molecule has 0 saturated carbocycles. The number of rotatable bonds is 3. The lowest BCUT2D eigenvalue weighted by Gasteiger charge is -2.02. The molecular weight excluding hydrogens is 184 g/mol. The fourth-order valence-electron chi connectivity index (χ4n) is 0.986. The molecule has 1 aromatic carbocycles. The molecule has 0 aliphatic rings. The third-order valence-corrected chi connectivity index (χ3v) is 1.99. The summed E-state index contributed by atoms with van der Waals surface area (Å²) in [6.07, 6.45) is 0.991. The average Bonchev–Trinajstić information content (AvgIpc) is 2.15. The molecule has 1 aromatic rings. The molecular formula is C10H13ClN2. The summed E-state index contributed by atoms with van der Waals surface area (Å²) in [7, 11) is 0. The smallest absolute Gasteiger partial charge is 0.127 e. The molecule has 0 saturated heterocycles. The van der Waals surface area contributed by atoms with Gasteiger partial charge in [-0.25, -0.2) is 0 Å². The quantitative estimate of drug-likeness (QED) is 0.586. The van der Waals surface area contributed by atoms with Gasteiger partial charge in [0.2, 0.25) is 0 Å². The molecule has 0 aliphatic carbocycles. The summed E-state index contributed by atoms with van der Waals surface area (Å²) in [5, 5.41) is 0.653. The number of nitrogens with zero attached hydrogens (tertiary/aromatic N) is 1. The highest BCUT2D eigenvalue weighted by Crippen LogP contribution is 2.14. The van der Waals surface area contributed by atoms with E-state index in [0.717, 1.165) is 18.5 Å². The lowest BCUT2D eigenvalue weighted by atomic mass is 10.2. The van der Waals surface area contributed by atoms with Crippen LogP contribution in [-0.4, -0.2) is 12.4 Å². The molecule has 0 unspecified atom stereocenters. The number of hydrogen-bond acceptors (Lipinski definition) is 1. The van der Waals surface area contributed by atoms with E-state index >= 15 is 0 Å². The van der Waals surface area contributed by atoms with Gasteiger partial charge in [0.05, 0.1) is 5.02 Å². The van der Waals surface area contributed by atoms with Crippen LogP contribution in [0.2, 0.25) is 5.02 Å². The van der Waals surface area contributed by atoms with Crippen molar-refractivity contribution < 1.29 is 0 Å². The monoisotopic (exact) mass is 196 g/mol. The van der Waals surface area contributed by atoms with E-state index in [4.69, 9.17) is 17.3 Å². The molecule has 1 rings (SSSR count). The molecule has 0 heterocycles. The van der Waals surface area contributed by atoms with E-state index in [1.807, 2.05) is 24.3 Å². The van der Waals surface area contributed by atoms with E-state index in [-0.39, 0.29) is 0 Å². The van der Waals surface area contributed by atoms with Crippen molar-refractivity contribution in [3.8, 4) is 0 Å². The molecule has 70 valence electrons. The molecule has 13 heavy (non-hydrogen) atoms. The van der Waals surface area contributed by atoms with Crippen LogP contribution in [0.5, 0.6) is 0 Å². The first-order valence-corrected chi connectivity index (χ1v) is 4.68. The van der Waals surface area contributed by atoms with Gasteiger partial charge in [0.25, 0.3) is 0 Å². The summed E-state index contributed by atoms with van der Waals surface area (Å²) in [6.45, 7) is 2.81. The largest absolute Gasteiger partial charge is 0.383 e. The van der Waals surface area contributed by atoms with Crippen LogP contribution in [0.1, 0.15) is 18.9 Å². The molecule has 0 bridgehead atoms. The summed E-state index contributed by atoms with van der Waals surface area (Å²) in [4.78, 5) is 4.18. The summed E-state index contributed by atoms with van der Waals surface area (Å²) in [6, 6.07) is 7.45. The first-order valence-electron chi connectivity index (χ1n) is 4.30. The van der Waals surface area contributed by atoms with Crippen molar-refractivity contribution in [2.24, 2.45) is 10.7 Å². The van der Waals surface area contributed by atoms with Crippen LogP contribution < -0.4 is 5.73 Å². The Hall–Kier alpha value is -1.02. The Morgan fingerprint density at radius 1 is 1.46 bits per heavy atom. The summed E-state index contributed by atoms with van der Waals surface area (Å²) < 4.78 is 0. The van der Waals surface area contributed by atoms with Crippen LogP contribution in [0.25, 0.3) is 0 Å². The Bertz CT molecular complexity index is 308. The van der Waals surface area contributed by atoms with E-state index in [2.05, 4.69) is 11.9 Å². The van der Waals surface area contributed by atoms with Gasteiger partial charge >= 0.3 is 0 Å². The van der Waals surface area contributed by atoms with Gasteiger partial charge in [-0.1, -0.05) is 30.7 Å². The fourth-order valence-corrected chi connectivity index (χ4v) is 1.22. The molecule has 0 amide bonds. The van der Waals surface area contributed by atoms with Crippen molar-refractivity contribution in [3.05, 3.63) is 34.9 Å². The molecule has 2 nitrogen and oxygen atoms in total. The SMILES string of the molecule is CCCN=C(N)c1ccccc1Cl. The van der Waals surface area contributed by atoms with Gasteiger partial charge in [0, 0.05) is 12.1 Å². The lowest BCUT2D eigenvalue weighted by molar-refractivity contribution is 0.930. The fraction of sp³-hybridized carbons (Fsp3) is 0.300. The van der Waals surface area contributed by atoms with Crippen molar-refractivity contribution in [3.63, 3.8) is 0 Å². The molecule has 0 atom stereocenters. The molecule has 0 aromatic heterocycles. The highest BCUT2D eigenvalue weighted by Gasteiger charge is 2.01. The topological polar surface area (TPSA) is 38.4 Å². The van der Waals surface area contributed by atoms with Crippen LogP contribution in [0.3, 0.4) is 0 Å². The van der Waals surface area contributed by atoms with Crippen LogP contribution >= 0.6 is 11.6 Å². The second-order valence-electron chi connectivity index (χ2n) is 2.75. The number of halogens is 1. The van der Waals surface area contributed by atoms with Gasteiger partial charge in [0.15, 0.2) is 0 Å². The van der Waals surface area contributed by atoms with Crippen LogP contribution in [0.4, 0.5) is 0 Å². The lowest BCUT2D eigenvalue weighted by Crippen LogP contribution is -2.14. The highest BCUT2D eigenvalue weighted by atomic mass is 35.5. The second kappa shape index (κ2) is 4.87. The predicted octanol–water partition coefficient (Wildman–Crippen LogP) is 2.46. The zero-order valence-corrected chi connectivity index (χ0v) is 8.38. The first kappa shape index (κ1) is 10.1. The zero-order chi connectivity index (χ0) is 9.68. The normalized spacial score (nSPS) is 11.7. The number of aliphatic imine (C=N–C) groups is 1. The van der Waals surface area contributed by atoms with E-state index in [1.165, 1.54) is 0 Å². The van der Waals surface area contributed by atoms with Crippen molar-refractivity contribution in [2.75, 3.05) is 6.54 Å². The van der Waals surface area contributed by atoms with Gasteiger partial charge in [-0.15, -0.1) is 0 Å². The number of benzene rings is 1. The van der Waals surface area contributed by atoms with Crippen LogP contribution in [-0.2, 0) is 0 Å². The number of amidine groups is 1. The molecule has 0 aliphatic heterocycles. The molecule has 0 spiro atoms. The maximum absolute atomic E-state index is 5.94. The predicted molar refractivity (Wildman–Crippen MR) is 57.3 cm³/mol. The highest BCUT2D eigenvalue weighted by molar-refractivity contribution is 6.34. The van der Waals surface area contributed by atoms with Gasteiger partial charge < -0.3 is 5.73 Å². The van der Waals surface area contributed by atoms with Crippen molar-refractivity contribution in [1.29, 1.82) is 0 Å². The van der Waals surface area contributed by atoms with Gasteiger partial charge in [0.1, 0.15) is 5.84 Å². The minimum atomic E-state index is 0.521. The maximum Gasteiger partial charge on any atom is 0.127 e. The minimum absolute atomic E-state index is 0.521. The van der Waals surface area contributed by atoms with E-state index in [1.54, 1.807) is 0 Å². The maximum atomic E-state index is 5.94. The van der Waals surface area contributed by atoms with Crippen molar-refractivity contribution in [2.45, 2.75) is 13.3 Å². The third kappa shape index (κ3) is 2.74. The van der Waals surface area contributed by atoms with Crippen molar-refractivity contribution in [1.82, 2.24) is 0 Å². The zero-order valence-electron chi connectivity index (χ0n) is 7.63. The Morgan fingerprint density at radius 3 is 2.77 bits per heavy atom. The van der Waals surface area contributed by atoms with E-state index in [9.17, 15) is 0 Å². The first-order chi connectivity index (χ1) is 6.25. The van der Waals surface area contributed by atoms with Crippen LogP contribution in [0, 0.1) is 0 Å². The second-order valence-corrected chi connectivity index (χ2v) is 3.15. The van der Waals surface area contributed by atoms with Crippen LogP contribution in [0.15, 0.2) is 29.3 Å². The third-order valence-electron chi connectivity index (χ3n) is 1.66. The minimum Gasteiger partial charge on any atom is -0.383 e. The average molecular weight is 197 g/mol.